The summed E-state index contributed by atoms with van der Waals surface area (Å²) in [6.07, 6.45) is 5.34. The van der Waals surface area contributed by atoms with E-state index in [0.29, 0.717) is 11.6 Å². The zero-order valence-electron chi connectivity index (χ0n) is 12.7. The summed E-state index contributed by atoms with van der Waals surface area (Å²) >= 11 is 1.04. The standard InChI is InChI=1S/C17H20N2O2S/c1-13-5-7-14(8-6-13)11-15-16(20)19(17(21)22-15)12-18-9-3-2-4-10-18/h5-8,11H,2-4,9-10,12H2,1H3/b15-11+. The van der Waals surface area contributed by atoms with Crippen LogP contribution in [0.15, 0.2) is 29.2 Å². The first-order valence-corrected chi connectivity index (χ1v) is 8.49. The van der Waals surface area contributed by atoms with E-state index < -0.39 is 0 Å². The van der Waals surface area contributed by atoms with Gasteiger partial charge in [-0.15, -0.1) is 0 Å². The average Bonchev–Trinajstić information content (AvgIpc) is 2.78. The monoisotopic (exact) mass is 316 g/mol. The van der Waals surface area contributed by atoms with Gasteiger partial charge >= 0.3 is 0 Å². The van der Waals surface area contributed by atoms with Gasteiger partial charge in [-0.2, -0.15) is 0 Å². The lowest BCUT2D eigenvalue weighted by Gasteiger charge is -2.29. The van der Waals surface area contributed by atoms with Crippen LogP contribution in [0.1, 0.15) is 30.4 Å². The number of imide groups is 1. The number of hydrogen-bond acceptors (Lipinski definition) is 4. The highest BCUT2D eigenvalue weighted by Gasteiger charge is 2.36. The third kappa shape index (κ3) is 3.42. The smallest absolute Gasteiger partial charge is 0.286 e. The van der Waals surface area contributed by atoms with E-state index in [1.54, 1.807) is 6.08 Å². The fourth-order valence-electron chi connectivity index (χ4n) is 2.74. The van der Waals surface area contributed by atoms with Crippen LogP contribution in [0.25, 0.3) is 6.08 Å². The van der Waals surface area contributed by atoms with Crippen molar-refractivity contribution in [3.8, 4) is 0 Å². The van der Waals surface area contributed by atoms with Gasteiger partial charge in [-0.25, -0.2) is 0 Å². The molecule has 0 saturated carbocycles. The van der Waals surface area contributed by atoms with Crippen LogP contribution >= 0.6 is 11.8 Å². The van der Waals surface area contributed by atoms with Gasteiger partial charge in [0.05, 0.1) is 11.6 Å². The molecule has 0 aliphatic carbocycles. The first-order chi connectivity index (χ1) is 10.6. The van der Waals surface area contributed by atoms with E-state index in [1.165, 1.54) is 16.9 Å². The molecule has 0 radical (unpaired) electrons. The fourth-order valence-corrected chi connectivity index (χ4v) is 3.57. The Bertz CT molecular complexity index is 604. The van der Waals surface area contributed by atoms with E-state index in [1.807, 2.05) is 31.2 Å². The maximum Gasteiger partial charge on any atom is 0.294 e. The van der Waals surface area contributed by atoms with Crippen LogP contribution in [0.3, 0.4) is 0 Å². The van der Waals surface area contributed by atoms with Crippen molar-refractivity contribution >= 4 is 29.0 Å². The maximum absolute atomic E-state index is 12.5. The third-order valence-corrected chi connectivity index (χ3v) is 4.95. The Morgan fingerprint density at radius 2 is 1.77 bits per heavy atom. The van der Waals surface area contributed by atoms with Crippen molar-refractivity contribution < 1.29 is 9.59 Å². The number of thioether (sulfide) groups is 1. The number of aryl methyl sites for hydroxylation is 1. The van der Waals surface area contributed by atoms with E-state index >= 15 is 0 Å². The van der Waals surface area contributed by atoms with Crippen LogP contribution in [0.5, 0.6) is 0 Å². The Kier molecular flexibility index (Phi) is 4.64. The molecule has 2 amide bonds. The molecule has 2 fully saturated rings. The van der Waals surface area contributed by atoms with Gasteiger partial charge in [-0.05, 0) is 56.3 Å². The van der Waals surface area contributed by atoms with Crippen LogP contribution in [0.4, 0.5) is 4.79 Å². The van der Waals surface area contributed by atoms with Crippen LogP contribution in [-0.4, -0.2) is 40.7 Å². The summed E-state index contributed by atoms with van der Waals surface area (Å²) in [5.41, 5.74) is 2.13. The summed E-state index contributed by atoms with van der Waals surface area (Å²) in [7, 11) is 0. The lowest BCUT2D eigenvalue weighted by molar-refractivity contribution is -0.124. The number of piperidine rings is 1. The molecule has 1 aromatic rings. The predicted octanol–water partition coefficient (Wildman–Crippen LogP) is 3.47. The zero-order chi connectivity index (χ0) is 15.5. The van der Waals surface area contributed by atoms with Crippen molar-refractivity contribution in [3.63, 3.8) is 0 Å². The molecular formula is C17H20N2O2S. The number of nitrogens with zero attached hydrogens (tertiary/aromatic N) is 2. The molecule has 0 bridgehead atoms. The van der Waals surface area contributed by atoms with Crippen LogP contribution in [-0.2, 0) is 4.79 Å². The Balaban J connectivity index is 1.71. The van der Waals surface area contributed by atoms with Gasteiger partial charge in [-0.3, -0.25) is 19.4 Å². The highest BCUT2D eigenvalue weighted by atomic mass is 32.2. The highest BCUT2D eigenvalue weighted by molar-refractivity contribution is 8.18. The first kappa shape index (κ1) is 15.3. The largest absolute Gasteiger partial charge is 0.294 e. The molecule has 0 spiro atoms. The van der Waals surface area contributed by atoms with E-state index in [2.05, 4.69) is 4.90 Å². The second-order valence-corrected chi connectivity index (χ2v) is 6.83. The molecule has 2 heterocycles. The molecule has 0 aromatic heterocycles. The Labute approximate surface area is 135 Å². The summed E-state index contributed by atoms with van der Waals surface area (Å²) < 4.78 is 0. The van der Waals surface area contributed by atoms with E-state index in [4.69, 9.17) is 0 Å². The molecule has 2 aliphatic heterocycles. The van der Waals surface area contributed by atoms with Crippen molar-refractivity contribution in [3.05, 3.63) is 40.3 Å². The predicted molar refractivity (Wildman–Crippen MR) is 89.3 cm³/mol. The molecule has 2 saturated heterocycles. The number of carbonyl (C=O) groups excluding carboxylic acids is 2. The molecule has 0 atom stereocenters. The van der Waals surface area contributed by atoms with Crippen LogP contribution < -0.4 is 0 Å². The van der Waals surface area contributed by atoms with Crippen molar-refractivity contribution in [1.82, 2.24) is 9.80 Å². The minimum atomic E-state index is -0.166. The summed E-state index contributed by atoms with van der Waals surface area (Å²) in [6, 6.07) is 7.94. The molecule has 0 N–H and O–H groups in total. The topological polar surface area (TPSA) is 40.6 Å². The number of likely N-dealkylation sites (tertiary alicyclic amines) is 1. The SMILES string of the molecule is Cc1ccc(/C=C2/SC(=O)N(CN3CCCCC3)C2=O)cc1. The molecule has 3 rings (SSSR count). The summed E-state index contributed by atoms with van der Waals surface area (Å²) in [6.45, 7) is 4.39. The normalized spacial score (nSPS) is 21.9. The van der Waals surface area contributed by atoms with Crippen LogP contribution in [0, 0.1) is 6.92 Å². The molecule has 22 heavy (non-hydrogen) atoms. The van der Waals surface area contributed by atoms with Crippen molar-refractivity contribution in [2.24, 2.45) is 0 Å². The van der Waals surface area contributed by atoms with E-state index in [9.17, 15) is 9.59 Å². The number of amides is 2. The van der Waals surface area contributed by atoms with Crippen molar-refractivity contribution in [1.29, 1.82) is 0 Å². The second-order valence-electron chi connectivity index (χ2n) is 5.84. The molecule has 2 aliphatic rings. The number of hydrogen-bond donors (Lipinski definition) is 0. The minimum Gasteiger partial charge on any atom is -0.286 e. The summed E-state index contributed by atoms with van der Waals surface area (Å²) in [4.78, 5) is 28.6. The average molecular weight is 316 g/mol. The van der Waals surface area contributed by atoms with Gasteiger partial charge in [0.1, 0.15) is 0 Å². The molecule has 116 valence electrons. The summed E-state index contributed by atoms with van der Waals surface area (Å²) in [5, 5.41) is -0.158. The zero-order valence-corrected chi connectivity index (χ0v) is 13.6. The molecular weight excluding hydrogens is 296 g/mol. The number of rotatable bonds is 3. The van der Waals surface area contributed by atoms with Crippen molar-refractivity contribution in [2.45, 2.75) is 26.2 Å². The molecule has 4 nitrogen and oxygen atoms in total. The van der Waals surface area contributed by atoms with Crippen molar-refractivity contribution in [2.75, 3.05) is 19.8 Å². The molecule has 1 aromatic carbocycles. The maximum atomic E-state index is 12.5. The minimum absolute atomic E-state index is 0.158. The third-order valence-electron chi connectivity index (χ3n) is 4.04. The highest BCUT2D eigenvalue weighted by Crippen LogP contribution is 2.32. The van der Waals surface area contributed by atoms with E-state index in [0.717, 1.165) is 43.3 Å². The van der Waals surface area contributed by atoms with Gasteiger partial charge in [0, 0.05) is 0 Å². The second kappa shape index (κ2) is 6.67. The van der Waals surface area contributed by atoms with Gasteiger partial charge in [-0.1, -0.05) is 36.2 Å². The Morgan fingerprint density at radius 1 is 1.09 bits per heavy atom. The van der Waals surface area contributed by atoms with Gasteiger partial charge < -0.3 is 0 Å². The van der Waals surface area contributed by atoms with Gasteiger partial charge in [0.15, 0.2) is 0 Å². The Hall–Kier alpha value is -1.59. The summed E-state index contributed by atoms with van der Waals surface area (Å²) in [5.74, 6) is -0.166. The van der Waals surface area contributed by atoms with E-state index in [-0.39, 0.29) is 11.1 Å². The Morgan fingerprint density at radius 3 is 2.45 bits per heavy atom. The van der Waals surface area contributed by atoms with Gasteiger partial charge in [0.2, 0.25) is 0 Å². The first-order valence-electron chi connectivity index (χ1n) is 7.68. The number of carbonyl (C=O) groups is 2. The number of benzene rings is 1. The fraction of sp³-hybridized carbons (Fsp3) is 0.412. The van der Waals surface area contributed by atoms with Gasteiger partial charge in [0.25, 0.3) is 11.1 Å². The lowest BCUT2D eigenvalue weighted by Crippen LogP contribution is -2.42. The lowest BCUT2D eigenvalue weighted by atomic mass is 10.1. The quantitative estimate of drug-likeness (QED) is 0.801. The van der Waals surface area contributed by atoms with Crippen LogP contribution in [0.2, 0.25) is 0 Å². The molecule has 0 unspecified atom stereocenters. The molecule has 5 heteroatoms.